The van der Waals surface area contributed by atoms with Gasteiger partial charge in [-0.3, -0.25) is 19.6 Å². The van der Waals surface area contributed by atoms with E-state index in [4.69, 9.17) is 23.7 Å². The van der Waals surface area contributed by atoms with Crippen molar-refractivity contribution in [2.75, 3.05) is 33.0 Å². The molecule has 0 amide bonds. The highest BCUT2D eigenvalue weighted by Gasteiger charge is 2.09. The normalized spacial score (nSPS) is 10.1. The Morgan fingerprint density at radius 2 is 0.966 bits per heavy atom. The number of hydrogen-bond acceptors (Lipinski definition) is 11. The SMILES string of the molecule is CCOC(=O)Cc1cccc(-c2ccc(OCC)cc2)n1.CCOC(=O)c1ccc(-c2ccc(OCC)cc2)nc1.CCOc1ccc(-c2cccc(C(C)=O)n2)cc1. The average Bonchev–Trinajstić information content (AvgIpc) is 3.26. The van der Waals surface area contributed by atoms with Crippen LogP contribution in [0.3, 0.4) is 0 Å². The smallest absolute Gasteiger partial charge is 0.339 e. The molecule has 6 aromatic rings. The summed E-state index contributed by atoms with van der Waals surface area (Å²) in [6.45, 7) is 13.6. The molecule has 0 saturated carbocycles. The number of Topliss-reactive ketones (excluding diaryl/α,β-unsaturated/α-hetero) is 1. The fourth-order valence-electron chi connectivity index (χ4n) is 5.46. The minimum atomic E-state index is -0.349. The van der Waals surface area contributed by atoms with Crippen molar-refractivity contribution in [3.05, 3.63) is 144 Å². The van der Waals surface area contributed by atoms with Crippen LogP contribution in [0.25, 0.3) is 33.8 Å². The van der Waals surface area contributed by atoms with E-state index in [1.165, 1.54) is 13.1 Å². The monoisotopic (exact) mass is 797 g/mol. The average molecular weight is 798 g/mol. The van der Waals surface area contributed by atoms with Crippen LogP contribution in [0.1, 0.15) is 68.1 Å². The summed E-state index contributed by atoms with van der Waals surface area (Å²) in [6, 6.07) is 37.8. The third-order valence-corrected chi connectivity index (χ3v) is 8.21. The largest absolute Gasteiger partial charge is 0.494 e. The molecule has 3 aromatic heterocycles. The molecule has 0 atom stereocenters. The molecule has 0 bridgehead atoms. The highest BCUT2D eigenvalue weighted by atomic mass is 16.5. The first-order chi connectivity index (χ1) is 28.7. The number of hydrogen-bond donors (Lipinski definition) is 0. The van der Waals surface area contributed by atoms with E-state index in [0.717, 1.165) is 51.0 Å². The van der Waals surface area contributed by atoms with Crippen molar-refractivity contribution in [3.8, 4) is 51.0 Å². The van der Waals surface area contributed by atoms with Crippen LogP contribution in [0.15, 0.2) is 128 Å². The van der Waals surface area contributed by atoms with Crippen LogP contribution in [0.2, 0.25) is 0 Å². The van der Waals surface area contributed by atoms with Gasteiger partial charge in [-0.25, -0.2) is 9.78 Å². The Morgan fingerprint density at radius 1 is 0.492 bits per heavy atom. The number of ether oxygens (including phenoxy) is 5. The second kappa shape index (κ2) is 24.0. The lowest BCUT2D eigenvalue weighted by Crippen LogP contribution is -2.08. The first-order valence-corrected chi connectivity index (χ1v) is 19.6. The zero-order valence-electron chi connectivity index (χ0n) is 34.5. The molecular weight excluding hydrogens is 747 g/mol. The van der Waals surface area contributed by atoms with E-state index < -0.39 is 0 Å². The van der Waals surface area contributed by atoms with E-state index >= 15 is 0 Å². The minimum absolute atomic E-state index is 0.0252. The van der Waals surface area contributed by atoms with Gasteiger partial charge in [0.1, 0.15) is 22.9 Å². The molecule has 0 saturated heterocycles. The number of benzene rings is 3. The zero-order chi connectivity index (χ0) is 42.4. The minimum Gasteiger partial charge on any atom is -0.494 e. The van der Waals surface area contributed by atoms with Gasteiger partial charge in [-0.05, 0) is 144 Å². The number of esters is 2. The summed E-state index contributed by atoms with van der Waals surface area (Å²) in [5.74, 6) is 1.88. The van der Waals surface area contributed by atoms with Gasteiger partial charge in [0.15, 0.2) is 5.78 Å². The Morgan fingerprint density at radius 3 is 1.41 bits per heavy atom. The molecule has 6 rings (SSSR count). The first-order valence-electron chi connectivity index (χ1n) is 19.6. The van der Waals surface area contributed by atoms with Gasteiger partial charge in [-0.2, -0.15) is 0 Å². The number of ketones is 1. The summed E-state index contributed by atoms with van der Waals surface area (Å²) in [5, 5.41) is 0. The molecule has 11 heteroatoms. The highest BCUT2D eigenvalue weighted by molar-refractivity contribution is 5.92. The molecule has 0 N–H and O–H groups in total. The molecule has 11 nitrogen and oxygen atoms in total. The maximum Gasteiger partial charge on any atom is 0.339 e. The molecule has 0 aliphatic carbocycles. The molecule has 3 heterocycles. The van der Waals surface area contributed by atoms with E-state index in [1.807, 2.05) is 130 Å². The lowest BCUT2D eigenvalue weighted by molar-refractivity contribution is -0.142. The Balaban J connectivity index is 0.000000196. The van der Waals surface area contributed by atoms with Gasteiger partial charge in [0.2, 0.25) is 0 Å². The molecule has 0 unspecified atom stereocenters. The van der Waals surface area contributed by atoms with Crippen molar-refractivity contribution in [2.24, 2.45) is 0 Å². The summed E-state index contributed by atoms with van der Waals surface area (Å²) >= 11 is 0. The number of aromatic nitrogens is 3. The van der Waals surface area contributed by atoms with Gasteiger partial charge < -0.3 is 23.7 Å². The van der Waals surface area contributed by atoms with Gasteiger partial charge in [0, 0.05) is 29.8 Å². The summed E-state index contributed by atoms with van der Waals surface area (Å²) < 4.78 is 26.1. The highest BCUT2D eigenvalue weighted by Crippen LogP contribution is 2.23. The molecular formula is C48H51N3O8. The van der Waals surface area contributed by atoms with E-state index in [9.17, 15) is 14.4 Å². The van der Waals surface area contributed by atoms with Gasteiger partial charge in [0.05, 0.1) is 67.8 Å². The number of carbonyl (C=O) groups excluding carboxylic acids is 3. The van der Waals surface area contributed by atoms with E-state index in [2.05, 4.69) is 15.0 Å². The molecule has 0 radical (unpaired) electrons. The van der Waals surface area contributed by atoms with Gasteiger partial charge in [-0.1, -0.05) is 12.1 Å². The summed E-state index contributed by atoms with van der Waals surface area (Å²) in [7, 11) is 0. The summed E-state index contributed by atoms with van der Waals surface area (Å²) in [5.41, 5.74) is 7.03. The van der Waals surface area contributed by atoms with Crippen molar-refractivity contribution in [2.45, 2.75) is 48.0 Å². The topological polar surface area (TPSA) is 136 Å². The maximum absolute atomic E-state index is 11.5. The summed E-state index contributed by atoms with van der Waals surface area (Å²) in [6.07, 6.45) is 1.72. The van der Waals surface area contributed by atoms with Crippen LogP contribution >= 0.6 is 0 Å². The quantitative estimate of drug-likeness (QED) is 0.0725. The molecule has 59 heavy (non-hydrogen) atoms. The third kappa shape index (κ3) is 14.5. The Bertz CT molecular complexity index is 2210. The van der Waals surface area contributed by atoms with E-state index in [0.29, 0.717) is 50.0 Å². The number of carbonyl (C=O) groups is 3. The van der Waals surface area contributed by atoms with Crippen LogP contribution in [0.4, 0.5) is 0 Å². The second-order valence-corrected chi connectivity index (χ2v) is 12.5. The standard InChI is InChI=1S/C17H19NO3.C16H17NO3.C15H15NO2/c1-3-20-15-10-8-13(9-11-15)16-7-5-6-14(18-16)12-17(19)21-4-2;1-3-19-14-8-5-12(6-9-14)15-10-7-13(11-17-15)16(18)20-4-2;1-3-18-13-9-7-12(8-10-13)15-6-4-5-14(16-15)11(2)17/h5-11H,3-4,12H2,1-2H3;5-11H,3-4H2,1-2H3;4-10H,3H2,1-2H3. The molecule has 0 fully saturated rings. The van der Waals surface area contributed by atoms with Crippen molar-refractivity contribution >= 4 is 17.7 Å². The second-order valence-electron chi connectivity index (χ2n) is 12.5. The van der Waals surface area contributed by atoms with Crippen LogP contribution in [-0.4, -0.2) is 65.7 Å². The fourth-order valence-corrected chi connectivity index (χ4v) is 5.46. The fraction of sp³-hybridized carbons (Fsp3) is 0.250. The van der Waals surface area contributed by atoms with Gasteiger partial charge >= 0.3 is 11.9 Å². The number of nitrogens with zero attached hydrogens (tertiary/aromatic N) is 3. The number of rotatable bonds is 15. The van der Waals surface area contributed by atoms with Gasteiger partial charge in [-0.15, -0.1) is 0 Å². The van der Waals surface area contributed by atoms with Crippen LogP contribution in [0.5, 0.6) is 17.2 Å². The molecule has 3 aromatic carbocycles. The molecule has 306 valence electrons. The molecule has 0 spiro atoms. The van der Waals surface area contributed by atoms with Crippen molar-refractivity contribution < 1.29 is 38.1 Å². The van der Waals surface area contributed by atoms with Crippen molar-refractivity contribution in [3.63, 3.8) is 0 Å². The van der Waals surface area contributed by atoms with Crippen molar-refractivity contribution in [1.29, 1.82) is 0 Å². The zero-order valence-corrected chi connectivity index (χ0v) is 34.5. The lowest BCUT2D eigenvalue weighted by atomic mass is 10.1. The predicted octanol–water partition coefficient (Wildman–Crippen LogP) is 9.93. The third-order valence-electron chi connectivity index (χ3n) is 8.21. The first kappa shape index (κ1) is 44.8. The summed E-state index contributed by atoms with van der Waals surface area (Å²) in [4.78, 5) is 47.4. The lowest BCUT2D eigenvalue weighted by Gasteiger charge is -2.06. The van der Waals surface area contributed by atoms with E-state index in [-0.39, 0.29) is 24.1 Å². The molecule has 0 aliphatic rings. The Kier molecular flexibility index (Phi) is 18.2. The maximum atomic E-state index is 11.5. The molecule has 0 aliphatic heterocycles. The Hall–Kier alpha value is -6.88. The predicted molar refractivity (Wildman–Crippen MR) is 229 cm³/mol. The van der Waals surface area contributed by atoms with Gasteiger partial charge in [0.25, 0.3) is 0 Å². The van der Waals surface area contributed by atoms with Crippen LogP contribution in [0, 0.1) is 0 Å². The van der Waals surface area contributed by atoms with Crippen LogP contribution in [-0.2, 0) is 20.7 Å². The Labute approximate surface area is 346 Å². The van der Waals surface area contributed by atoms with Crippen LogP contribution < -0.4 is 14.2 Å². The number of pyridine rings is 3. The van der Waals surface area contributed by atoms with E-state index in [1.54, 1.807) is 26.0 Å². The van der Waals surface area contributed by atoms with Crippen molar-refractivity contribution in [1.82, 2.24) is 15.0 Å².